The minimum atomic E-state index is -0.299. The predicted octanol–water partition coefficient (Wildman–Crippen LogP) is 1.69. The highest BCUT2D eigenvalue weighted by Crippen LogP contribution is 2.39. The summed E-state index contributed by atoms with van der Waals surface area (Å²) in [6.07, 6.45) is 2.27. The smallest absolute Gasteiger partial charge is 0.104 e. The molecule has 0 radical (unpaired) electrons. The molecule has 0 aromatic rings. The molecule has 0 amide bonds. The van der Waals surface area contributed by atoms with E-state index in [2.05, 4.69) is 18.7 Å². The van der Waals surface area contributed by atoms with Crippen molar-refractivity contribution in [3.05, 3.63) is 0 Å². The maximum absolute atomic E-state index is 9.41. The highest BCUT2D eigenvalue weighted by atomic mass is 16.3. The SMILES string of the molecule is CCC1CC(C)C1N(C)C(C)O. The quantitative estimate of drug-likeness (QED) is 0.653. The standard InChI is InChI=1S/C10H21NO/c1-5-9-6-7(2)10(9)11(4)8(3)12/h7-10,12H,5-6H2,1-4H3. The van der Waals surface area contributed by atoms with Crippen molar-refractivity contribution in [2.45, 2.75) is 45.9 Å². The van der Waals surface area contributed by atoms with Crippen molar-refractivity contribution >= 4 is 0 Å². The summed E-state index contributed by atoms with van der Waals surface area (Å²) < 4.78 is 0. The van der Waals surface area contributed by atoms with Crippen LogP contribution in [0.15, 0.2) is 0 Å². The molecule has 0 aromatic heterocycles. The summed E-state index contributed by atoms with van der Waals surface area (Å²) in [4.78, 5) is 2.10. The lowest BCUT2D eigenvalue weighted by molar-refractivity contribution is -0.0708. The monoisotopic (exact) mass is 171 g/mol. The summed E-state index contributed by atoms with van der Waals surface area (Å²) in [5.41, 5.74) is 0. The molecule has 0 aliphatic heterocycles. The zero-order valence-electron chi connectivity index (χ0n) is 8.62. The Morgan fingerprint density at radius 1 is 1.58 bits per heavy atom. The van der Waals surface area contributed by atoms with E-state index in [0.717, 1.165) is 11.8 Å². The number of aliphatic hydroxyl groups excluding tert-OH is 1. The summed E-state index contributed by atoms with van der Waals surface area (Å²) >= 11 is 0. The molecular formula is C10H21NO. The molecule has 0 saturated heterocycles. The van der Waals surface area contributed by atoms with E-state index >= 15 is 0 Å². The summed E-state index contributed by atoms with van der Waals surface area (Å²) in [5.74, 6) is 1.56. The van der Waals surface area contributed by atoms with Gasteiger partial charge in [-0.15, -0.1) is 0 Å². The van der Waals surface area contributed by atoms with Gasteiger partial charge in [-0.3, -0.25) is 4.90 Å². The van der Waals surface area contributed by atoms with Crippen molar-refractivity contribution in [1.29, 1.82) is 0 Å². The maximum atomic E-state index is 9.41. The highest BCUT2D eigenvalue weighted by Gasteiger charge is 2.40. The van der Waals surface area contributed by atoms with Gasteiger partial charge in [0.2, 0.25) is 0 Å². The normalized spacial score (nSPS) is 38.0. The van der Waals surface area contributed by atoms with E-state index < -0.39 is 0 Å². The van der Waals surface area contributed by atoms with Crippen LogP contribution < -0.4 is 0 Å². The second-order valence-corrected chi connectivity index (χ2v) is 4.17. The molecule has 0 spiro atoms. The summed E-state index contributed by atoms with van der Waals surface area (Å²) in [6, 6.07) is 0.606. The average molecular weight is 171 g/mol. The summed E-state index contributed by atoms with van der Waals surface area (Å²) in [7, 11) is 2.02. The Bertz CT molecular complexity index is 147. The largest absolute Gasteiger partial charge is 0.379 e. The molecule has 1 rings (SSSR count). The summed E-state index contributed by atoms with van der Waals surface area (Å²) in [6.45, 7) is 6.35. The van der Waals surface area contributed by atoms with Crippen molar-refractivity contribution in [2.75, 3.05) is 7.05 Å². The van der Waals surface area contributed by atoms with Gasteiger partial charge in [0, 0.05) is 6.04 Å². The van der Waals surface area contributed by atoms with Gasteiger partial charge >= 0.3 is 0 Å². The zero-order chi connectivity index (χ0) is 9.30. The second-order valence-electron chi connectivity index (χ2n) is 4.17. The van der Waals surface area contributed by atoms with Gasteiger partial charge in [-0.05, 0) is 32.2 Å². The lowest BCUT2D eigenvalue weighted by Gasteiger charge is -2.49. The van der Waals surface area contributed by atoms with E-state index in [0.29, 0.717) is 6.04 Å². The van der Waals surface area contributed by atoms with E-state index in [1.807, 2.05) is 14.0 Å². The number of rotatable bonds is 3. The predicted molar refractivity (Wildman–Crippen MR) is 50.8 cm³/mol. The third-order valence-corrected chi connectivity index (χ3v) is 3.32. The Labute approximate surface area is 75.6 Å². The topological polar surface area (TPSA) is 23.5 Å². The molecule has 1 N–H and O–H groups in total. The molecule has 4 atom stereocenters. The van der Waals surface area contributed by atoms with Crippen LogP contribution in [0.5, 0.6) is 0 Å². The first kappa shape index (κ1) is 10.0. The Hall–Kier alpha value is -0.0800. The van der Waals surface area contributed by atoms with Crippen LogP contribution in [0.2, 0.25) is 0 Å². The molecular weight excluding hydrogens is 150 g/mol. The van der Waals surface area contributed by atoms with E-state index in [1.165, 1.54) is 12.8 Å². The van der Waals surface area contributed by atoms with Crippen molar-refractivity contribution in [3.8, 4) is 0 Å². The Morgan fingerprint density at radius 2 is 2.17 bits per heavy atom. The lowest BCUT2D eigenvalue weighted by atomic mass is 9.69. The van der Waals surface area contributed by atoms with Crippen molar-refractivity contribution in [2.24, 2.45) is 11.8 Å². The fourth-order valence-corrected chi connectivity index (χ4v) is 2.42. The second kappa shape index (κ2) is 3.75. The number of aliphatic hydroxyl groups is 1. The highest BCUT2D eigenvalue weighted by molar-refractivity contribution is 4.92. The molecule has 2 nitrogen and oxygen atoms in total. The summed E-state index contributed by atoms with van der Waals surface area (Å²) in [5, 5.41) is 9.41. The van der Waals surface area contributed by atoms with E-state index in [1.54, 1.807) is 0 Å². The molecule has 1 fully saturated rings. The fourth-order valence-electron chi connectivity index (χ4n) is 2.42. The van der Waals surface area contributed by atoms with Crippen molar-refractivity contribution in [3.63, 3.8) is 0 Å². The first-order chi connectivity index (χ1) is 5.57. The van der Waals surface area contributed by atoms with Crippen LogP contribution in [0.25, 0.3) is 0 Å². The van der Waals surface area contributed by atoms with Gasteiger partial charge in [-0.2, -0.15) is 0 Å². The molecule has 1 saturated carbocycles. The van der Waals surface area contributed by atoms with Gasteiger partial charge in [0.1, 0.15) is 6.23 Å². The van der Waals surface area contributed by atoms with Crippen LogP contribution in [0.1, 0.15) is 33.6 Å². The van der Waals surface area contributed by atoms with Crippen LogP contribution >= 0.6 is 0 Å². The Balaban J connectivity index is 2.48. The van der Waals surface area contributed by atoms with Gasteiger partial charge in [0.25, 0.3) is 0 Å². The van der Waals surface area contributed by atoms with Crippen LogP contribution in [0.4, 0.5) is 0 Å². The van der Waals surface area contributed by atoms with E-state index in [9.17, 15) is 5.11 Å². The zero-order valence-corrected chi connectivity index (χ0v) is 8.62. The third kappa shape index (κ3) is 1.64. The first-order valence-electron chi connectivity index (χ1n) is 4.98. The molecule has 1 aliphatic rings. The molecule has 12 heavy (non-hydrogen) atoms. The van der Waals surface area contributed by atoms with Gasteiger partial charge in [-0.25, -0.2) is 0 Å². The van der Waals surface area contributed by atoms with Gasteiger partial charge in [0.15, 0.2) is 0 Å². The van der Waals surface area contributed by atoms with Crippen LogP contribution in [0, 0.1) is 11.8 Å². The van der Waals surface area contributed by atoms with E-state index in [-0.39, 0.29) is 6.23 Å². The van der Waals surface area contributed by atoms with Gasteiger partial charge in [0.05, 0.1) is 0 Å². The van der Waals surface area contributed by atoms with Crippen LogP contribution in [-0.4, -0.2) is 29.3 Å². The van der Waals surface area contributed by atoms with E-state index in [4.69, 9.17) is 0 Å². The third-order valence-electron chi connectivity index (χ3n) is 3.32. The first-order valence-corrected chi connectivity index (χ1v) is 4.98. The average Bonchev–Trinajstić information content (AvgIpc) is 1.99. The van der Waals surface area contributed by atoms with Crippen molar-refractivity contribution in [1.82, 2.24) is 4.90 Å². The molecule has 2 heteroatoms. The molecule has 0 heterocycles. The Kier molecular flexibility index (Phi) is 3.13. The minimum absolute atomic E-state index is 0.299. The molecule has 0 bridgehead atoms. The fraction of sp³-hybridized carbons (Fsp3) is 1.00. The number of nitrogens with zero attached hydrogens (tertiary/aromatic N) is 1. The van der Waals surface area contributed by atoms with Gasteiger partial charge < -0.3 is 5.11 Å². The number of hydrogen-bond donors (Lipinski definition) is 1. The van der Waals surface area contributed by atoms with Gasteiger partial charge in [-0.1, -0.05) is 20.3 Å². The van der Waals surface area contributed by atoms with Crippen molar-refractivity contribution < 1.29 is 5.11 Å². The van der Waals surface area contributed by atoms with Crippen LogP contribution in [-0.2, 0) is 0 Å². The minimum Gasteiger partial charge on any atom is -0.379 e. The lowest BCUT2D eigenvalue weighted by Crippen LogP contribution is -2.53. The molecule has 72 valence electrons. The molecule has 4 unspecified atom stereocenters. The van der Waals surface area contributed by atoms with Crippen LogP contribution in [0.3, 0.4) is 0 Å². The molecule has 1 aliphatic carbocycles. The Morgan fingerprint density at radius 3 is 2.50 bits per heavy atom. The maximum Gasteiger partial charge on any atom is 0.104 e. The molecule has 0 aromatic carbocycles. The number of hydrogen-bond acceptors (Lipinski definition) is 2.